The molecule has 0 unspecified atom stereocenters. The number of hydrogen-bond acceptors (Lipinski definition) is 3. The number of nitrogens with one attached hydrogen (secondary N) is 1. The summed E-state index contributed by atoms with van der Waals surface area (Å²) in [7, 11) is 3.09. The third-order valence-corrected chi connectivity index (χ3v) is 4.86. The molecule has 0 aromatic heterocycles. The first-order chi connectivity index (χ1) is 11.6. The third-order valence-electron chi connectivity index (χ3n) is 4.60. The highest BCUT2D eigenvalue weighted by Crippen LogP contribution is 2.42. The zero-order chi connectivity index (χ0) is 17.2. The summed E-state index contributed by atoms with van der Waals surface area (Å²) in [5.41, 5.74) is 1.21. The van der Waals surface area contributed by atoms with Gasteiger partial charge in [0, 0.05) is 5.02 Å². The van der Waals surface area contributed by atoms with E-state index in [9.17, 15) is 4.79 Å². The van der Waals surface area contributed by atoms with Crippen LogP contribution < -0.4 is 14.8 Å². The summed E-state index contributed by atoms with van der Waals surface area (Å²) in [6.07, 6.45) is 2.90. The van der Waals surface area contributed by atoms with Crippen molar-refractivity contribution in [2.45, 2.75) is 24.8 Å². The van der Waals surface area contributed by atoms with Gasteiger partial charge in [0.2, 0.25) is 0 Å². The molecule has 0 bridgehead atoms. The zero-order valence-corrected chi connectivity index (χ0v) is 14.5. The van der Waals surface area contributed by atoms with Crippen molar-refractivity contribution in [1.29, 1.82) is 0 Å². The van der Waals surface area contributed by atoms with Gasteiger partial charge in [-0.05, 0) is 49.1 Å². The van der Waals surface area contributed by atoms with Crippen LogP contribution in [0.25, 0.3) is 0 Å². The monoisotopic (exact) mass is 345 g/mol. The largest absolute Gasteiger partial charge is 0.493 e. The first-order valence-electron chi connectivity index (χ1n) is 7.89. The van der Waals surface area contributed by atoms with Crippen LogP contribution in [0.4, 0.5) is 0 Å². The van der Waals surface area contributed by atoms with E-state index in [0.717, 1.165) is 24.8 Å². The Morgan fingerprint density at radius 2 is 1.79 bits per heavy atom. The Bertz CT molecular complexity index is 739. The van der Waals surface area contributed by atoms with Crippen LogP contribution >= 0.6 is 11.6 Å². The number of ether oxygens (including phenoxy) is 2. The quantitative estimate of drug-likeness (QED) is 0.884. The molecule has 1 aliphatic rings. The van der Waals surface area contributed by atoms with E-state index in [4.69, 9.17) is 21.1 Å². The topological polar surface area (TPSA) is 47.6 Å². The summed E-state index contributed by atoms with van der Waals surface area (Å²) >= 11 is 5.98. The first-order valence-corrected chi connectivity index (χ1v) is 8.27. The van der Waals surface area contributed by atoms with Gasteiger partial charge in [0.05, 0.1) is 25.3 Å². The third kappa shape index (κ3) is 2.94. The Labute approximate surface area is 146 Å². The Morgan fingerprint density at radius 3 is 2.33 bits per heavy atom. The van der Waals surface area contributed by atoms with Gasteiger partial charge < -0.3 is 14.8 Å². The van der Waals surface area contributed by atoms with Gasteiger partial charge in [-0.1, -0.05) is 29.8 Å². The normalized spacial score (nSPS) is 15.3. The number of halogens is 1. The molecule has 1 fully saturated rings. The lowest BCUT2D eigenvalue weighted by Gasteiger charge is -2.43. The van der Waals surface area contributed by atoms with Gasteiger partial charge in [0.1, 0.15) is 0 Å². The molecule has 0 spiro atoms. The number of hydrogen-bond donors (Lipinski definition) is 1. The predicted octanol–water partition coefficient (Wildman–Crippen LogP) is 4.17. The fourth-order valence-electron chi connectivity index (χ4n) is 3.14. The van der Waals surface area contributed by atoms with Crippen molar-refractivity contribution in [3.8, 4) is 11.5 Å². The van der Waals surface area contributed by atoms with E-state index in [1.807, 2.05) is 24.3 Å². The molecular weight excluding hydrogens is 326 g/mol. The number of rotatable bonds is 5. The number of carbonyl (C=O) groups is 1. The minimum atomic E-state index is -0.338. The van der Waals surface area contributed by atoms with Crippen molar-refractivity contribution >= 4 is 17.5 Å². The van der Waals surface area contributed by atoms with Crippen molar-refractivity contribution in [2.24, 2.45) is 0 Å². The Morgan fingerprint density at radius 1 is 1.08 bits per heavy atom. The summed E-state index contributed by atoms with van der Waals surface area (Å²) < 4.78 is 10.6. The van der Waals surface area contributed by atoms with Crippen LogP contribution in [-0.4, -0.2) is 20.1 Å². The molecular formula is C19H20ClNO3. The van der Waals surface area contributed by atoms with Crippen molar-refractivity contribution in [3.05, 3.63) is 58.6 Å². The van der Waals surface area contributed by atoms with Gasteiger partial charge in [-0.2, -0.15) is 0 Å². The van der Waals surface area contributed by atoms with Crippen molar-refractivity contribution in [3.63, 3.8) is 0 Å². The Balaban J connectivity index is 1.90. The maximum Gasteiger partial charge on any atom is 0.255 e. The highest BCUT2D eigenvalue weighted by atomic mass is 35.5. The second-order valence-corrected chi connectivity index (χ2v) is 6.37. The highest BCUT2D eigenvalue weighted by Gasteiger charge is 2.40. The number of amides is 1. The fourth-order valence-corrected chi connectivity index (χ4v) is 3.26. The van der Waals surface area contributed by atoms with Gasteiger partial charge in [0.15, 0.2) is 11.5 Å². The molecule has 2 aromatic rings. The van der Waals surface area contributed by atoms with Crippen LogP contribution in [0, 0.1) is 0 Å². The summed E-state index contributed by atoms with van der Waals surface area (Å²) in [4.78, 5) is 12.9. The van der Waals surface area contributed by atoms with Gasteiger partial charge >= 0.3 is 0 Å². The summed E-state index contributed by atoms with van der Waals surface area (Å²) in [6.45, 7) is 0. The van der Waals surface area contributed by atoms with Gasteiger partial charge in [-0.15, -0.1) is 0 Å². The van der Waals surface area contributed by atoms with Crippen molar-refractivity contribution < 1.29 is 14.3 Å². The predicted molar refractivity (Wildman–Crippen MR) is 94.0 cm³/mol. The van der Waals surface area contributed by atoms with Crippen LogP contribution in [-0.2, 0) is 5.54 Å². The number of methoxy groups -OCH3 is 2. The molecule has 2 aromatic carbocycles. The molecule has 5 heteroatoms. The lowest BCUT2D eigenvalue weighted by Crippen LogP contribution is -2.50. The van der Waals surface area contributed by atoms with Crippen LogP contribution in [0.15, 0.2) is 42.5 Å². The number of carbonyl (C=O) groups excluding carboxylic acids is 1. The van der Waals surface area contributed by atoms with Gasteiger partial charge in [-0.25, -0.2) is 0 Å². The average molecular weight is 346 g/mol. The second-order valence-electron chi connectivity index (χ2n) is 5.94. The maximum atomic E-state index is 12.9. The summed E-state index contributed by atoms with van der Waals surface area (Å²) in [5.74, 6) is 0.822. The van der Waals surface area contributed by atoms with Gasteiger partial charge in [0.25, 0.3) is 5.91 Å². The fraction of sp³-hybridized carbons (Fsp3) is 0.316. The SMILES string of the molecule is COc1cccc(C(=O)NC2(c3ccc(Cl)cc3)CCC2)c1OC. The van der Waals surface area contributed by atoms with E-state index in [1.54, 1.807) is 25.3 Å². The van der Waals surface area contributed by atoms with Crippen LogP contribution in [0.3, 0.4) is 0 Å². The molecule has 126 valence electrons. The van der Waals surface area contributed by atoms with E-state index in [0.29, 0.717) is 22.1 Å². The molecule has 1 aliphatic carbocycles. The van der Waals surface area contributed by atoms with Crippen molar-refractivity contribution in [1.82, 2.24) is 5.32 Å². The Hall–Kier alpha value is -2.20. The maximum absolute atomic E-state index is 12.9. The van der Waals surface area contributed by atoms with Crippen LogP contribution in [0.2, 0.25) is 5.02 Å². The van der Waals surface area contributed by atoms with E-state index in [-0.39, 0.29) is 11.4 Å². The highest BCUT2D eigenvalue weighted by molar-refractivity contribution is 6.30. The molecule has 4 nitrogen and oxygen atoms in total. The zero-order valence-electron chi connectivity index (χ0n) is 13.8. The molecule has 1 saturated carbocycles. The van der Waals surface area contributed by atoms with Gasteiger partial charge in [-0.3, -0.25) is 4.79 Å². The molecule has 0 heterocycles. The molecule has 1 amide bonds. The van der Waals surface area contributed by atoms with E-state index < -0.39 is 0 Å². The molecule has 0 aliphatic heterocycles. The van der Waals surface area contributed by atoms with E-state index >= 15 is 0 Å². The average Bonchev–Trinajstić information content (AvgIpc) is 2.58. The first kappa shape index (κ1) is 16.7. The van der Waals surface area contributed by atoms with Crippen molar-refractivity contribution in [2.75, 3.05) is 14.2 Å². The lowest BCUT2D eigenvalue weighted by atomic mass is 9.71. The smallest absolute Gasteiger partial charge is 0.255 e. The number of para-hydroxylation sites is 1. The Kier molecular flexibility index (Phi) is 4.67. The summed E-state index contributed by atoms with van der Waals surface area (Å²) in [5, 5.41) is 3.88. The van der Waals surface area contributed by atoms with Crippen LogP contribution in [0.1, 0.15) is 35.2 Å². The summed E-state index contributed by atoms with van der Waals surface area (Å²) in [6, 6.07) is 13.0. The molecule has 0 atom stereocenters. The molecule has 3 rings (SSSR count). The van der Waals surface area contributed by atoms with Crippen LogP contribution in [0.5, 0.6) is 11.5 Å². The minimum absolute atomic E-state index is 0.166. The molecule has 24 heavy (non-hydrogen) atoms. The number of benzene rings is 2. The van der Waals surface area contributed by atoms with E-state index in [1.165, 1.54) is 7.11 Å². The molecule has 0 saturated heterocycles. The lowest BCUT2D eigenvalue weighted by molar-refractivity contribution is 0.0819. The standard InChI is InChI=1S/C19H20ClNO3/c1-23-16-6-3-5-15(17(16)24-2)18(22)21-19(11-4-12-19)13-7-9-14(20)10-8-13/h3,5-10H,4,11-12H2,1-2H3,(H,21,22). The minimum Gasteiger partial charge on any atom is -0.493 e. The molecule has 1 N–H and O–H groups in total. The van der Waals surface area contributed by atoms with E-state index in [2.05, 4.69) is 5.32 Å². The second kappa shape index (κ2) is 6.73. The molecule has 0 radical (unpaired) electrons.